The van der Waals surface area contributed by atoms with Crippen molar-refractivity contribution in [2.24, 2.45) is 0 Å². The van der Waals surface area contributed by atoms with Crippen LogP contribution in [0.5, 0.6) is 0 Å². The molecule has 14 heteroatoms. The SMILES string of the molecule is CCC[C@@H](CC)n1ncn(-c2ccc(NCCNC3=CCC(OC[C@H]4COC(Cn5cncn5)(c5ccc(F)cc5F)O4)C=C3)cc2)c1=O. The Kier molecular flexibility index (Phi) is 11.0. The number of anilines is 1. The number of rotatable bonds is 16. The van der Waals surface area contributed by atoms with Crippen molar-refractivity contribution in [3.63, 3.8) is 0 Å². The monoisotopic (exact) mass is 676 g/mol. The third-order valence-corrected chi connectivity index (χ3v) is 8.66. The van der Waals surface area contributed by atoms with Crippen LogP contribution in [-0.2, 0) is 26.5 Å². The van der Waals surface area contributed by atoms with E-state index in [4.69, 9.17) is 14.2 Å². The minimum atomic E-state index is -1.50. The van der Waals surface area contributed by atoms with Crippen LogP contribution in [0.4, 0.5) is 14.5 Å². The van der Waals surface area contributed by atoms with Gasteiger partial charge in [0.15, 0.2) is 0 Å². The maximum Gasteiger partial charge on any atom is 0.350 e. The molecule has 260 valence electrons. The molecule has 0 radical (unpaired) electrons. The van der Waals surface area contributed by atoms with E-state index in [2.05, 4.69) is 45.7 Å². The van der Waals surface area contributed by atoms with Crippen molar-refractivity contribution in [2.45, 2.75) is 70.1 Å². The van der Waals surface area contributed by atoms with Crippen LogP contribution in [-0.4, -0.2) is 67.6 Å². The fraction of sp³-hybridized carbons (Fsp3) is 0.429. The molecule has 3 heterocycles. The number of nitrogens with one attached hydrogen (secondary N) is 2. The van der Waals surface area contributed by atoms with Gasteiger partial charge in [0, 0.05) is 36.1 Å². The first-order valence-electron chi connectivity index (χ1n) is 16.7. The fourth-order valence-corrected chi connectivity index (χ4v) is 6.10. The highest BCUT2D eigenvalue weighted by Gasteiger charge is 2.46. The van der Waals surface area contributed by atoms with Crippen LogP contribution in [0.2, 0.25) is 0 Å². The average Bonchev–Trinajstić information content (AvgIpc) is 3.87. The van der Waals surface area contributed by atoms with E-state index < -0.39 is 23.5 Å². The van der Waals surface area contributed by atoms with Crippen molar-refractivity contribution in [1.82, 2.24) is 34.4 Å². The predicted octanol–water partition coefficient (Wildman–Crippen LogP) is 4.85. The first-order valence-corrected chi connectivity index (χ1v) is 16.7. The summed E-state index contributed by atoms with van der Waals surface area (Å²) in [5.41, 5.74) is 2.70. The molecule has 1 fully saturated rings. The van der Waals surface area contributed by atoms with Crippen LogP contribution in [0.1, 0.15) is 51.1 Å². The molecule has 2 unspecified atom stereocenters. The van der Waals surface area contributed by atoms with Gasteiger partial charge in [-0.1, -0.05) is 32.4 Å². The summed E-state index contributed by atoms with van der Waals surface area (Å²) in [5.74, 6) is -2.94. The lowest BCUT2D eigenvalue weighted by molar-refractivity contribution is -0.195. The van der Waals surface area contributed by atoms with Gasteiger partial charge in [0.05, 0.1) is 31.0 Å². The first-order chi connectivity index (χ1) is 23.9. The molecule has 1 aliphatic heterocycles. The molecule has 1 aliphatic carbocycles. The number of benzene rings is 2. The molecule has 0 saturated carbocycles. The molecule has 2 aromatic carbocycles. The molecule has 12 nitrogen and oxygen atoms in total. The molecule has 1 saturated heterocycles. The highest BCUT2D eigenvalue weighted by molar-refractivity contribution is 5.48. The van der Waals surface area contributed by atoms with Crippen molar-refractivity contribution in [3.05, 3.63) is 113 Å². The second-order valence-corrected chi connectivity index (χ2v) is 12.1. The standard InChI is InChI=1S/C35H42F2N8O4/c1-3-5-28(4-2)45-34(46)44(24-42-45)29-11-7-26(8-12-29)39-16-17-40-27-9-13-30(14-10-27)47-19-31-20-48-35(49-31,21-43-23-38-22-41-43)32-15-6-25(36)18-33(32)37/h6-13,15,18,22-24,28,30-31,39-40H,3-5,14,16-17,19-21H2,1-2H3/t28-,30?,31+,35?/m1/s1. The first kappa shape index (κ1) is 34.2. The highest BCUT2D eigenvalue weighted by Crippen LogP contribution is 2.38. The van der Waals surface area contributed by atoms with Gasteiger partial charge in [-0.2, -0.15) is 10.2 Å². The summed E-state index contributed by atoms with van der Waals surface area (Å²) in [6.45, 7) is 6.03. The number of halogens is 2. The molecular weight excluding hydrogens is 634 g/mol. The van der Waals surface area contributed by atoms with Gasteiger partial charge in [0.25, 0.3) is 0 Å². The van der Waals surface area contributed by atoms with E-state index in [-0.39, 0.29) is 43.2 Å². The molecule has 2 aromatic heterocycles. The van der Waals surface area contributed by atoms with Crippen LogP contribution in [0.3, 0.4) is 0 Å². The molecule has 4 atom stereocenters. The van der Waals surface area contributed by atoms with Gasteiger partial charge in [-0.25, -0.2) is 32.5 Å². The molecule has 0 bridgehead atoms. The van der Waals surface area contributed by atoms with Crippen LogP contribution in [0.15, 0.2) is 90.2 Å². The third-order valence-electron chi connectivity index (χ3n) is 8.66. The van der Waals surface area contributed by atoms with Gasteiger partial charge in [0.2, 0.25) is 5.79 Å². The van der Waals surface area contributed by atoms with Crippen LogP contribution in [0.25, 0.3) is 5.69 Å². The average molecular weight is 677 g/mol. The van der Waals surface area contributed by atoms with E-state index >= 15 is 0 Å². The Bertz CT molecular complexity index is 1790. The summed E-state index contributed by atoms with van der Waals surface area (Å²) < 4.78 is 51.5. The minimum Gasteiger partial charge on any atom is -0.384 e. The fourth-order valence-electron chi connectivity index (χ4n) is 6.10. The van der Waals surface area contributed by atoms with Crippen molar-refractivity contribution in [1.29, 1.82) is 0 Å². The summed E-state index contributed by atoms with van der Waals surface area (Å²) >= 11 is 0. The lowest BCUT2D eigenvalue weighted by Crippen LogP contribution is -2.35. The Hall–Kier alpha value is -4.66. The number of nitrogens with zero attached hydrogens (tertiary/aromatic N) is 6. The maximum atomic E-state index is 14.8. The van der Waals surface area contributed by atoms with E-state index in [9.17, 15) is 13.6 Å². The topological polar surface area (TPSA) is 122 Å². The zero-order valence-electron chi connectivity index (χ0n) is 27.7. The third kappa shape index (κ3) is 8.15. The number of hydrogen-bond donors (Lipinski definition) is 2. The molecule has 0 spiro atoms. The van der Waals surface area contributed by atoms with Crippen molar-refractivity contribution in [2.75, 3.05) is 31.6 Å². The second-order valence-electron chi connectivity index (χ2n) is 12.1. The predicted molar refractivity (Wildman–Crippen MR) is 179 cm³/mol. The molecule has 6 rings (SSSR count). The quantitative estimate of drug-likeness (QED) is 0.160. The zero-order chi connectivity index (χ0) is 34.2. The molecule has 2 aliphatic rings. The largest absolute Gasteiger partial charge is 0.384 e. The highest BCUT2D eigenvalue weighted by atomic mass is 19.1. The Morgan fingerprint density at radius 3 is 2.63 bits per heavy atom. The molecule has 4 aromatic rings. The Morgan fingerprint density at radius 1 is 1.08 bits per heavy atom. The maximum absolute atomic E-state index is 14.8. The summed E-state index contributed by atoms with van der Waals surface area (Å²) in [7, 11) is 0. The van der Waals surface area contributed by atoms with E-state index in [0.717, 1.165) is 42.4 Å². The number of aromatic nitrogens is 6. The van der Waals surface area contributed by atoms with E-state index in [1.54, 1.807) is 15.6 Å². The van der Waals surface area contributed by atoms with Crippen LogP contribution in [0, 0.1) is 11.6 Å². The smallest absolute Gasteiger partial charge is 0.350 e. The van der Waals surface area contributed by atoms with Gasteiger partial charge >= 0.3 is 5.69 Å². The Labute approximate surface area is 283 Å². The van der Waals surface area contributed by atoms with Gasteiger partial charge in [-0.05, 0) is 61.7 Å². The summed E-state index contributed by atoms with van der Waals surface area (Å²) in [6.07, 6.45) is 13.3. The van der Waals surface area contributed by atoms with E-state index in [0.29, 0.717) is 19.5 Å². The van der Waals surface area contributed by atoms with Crippen molar-refractivity contribution < 1.29 is 23.0 Å². The summed E-state index contributed by atoms with van der Waals surface area (Å²) in [6, 6.07) is 11.2. The van der Waals surface area contributed by atoms with E-state index in [1.807, 2.05) is 36.4 Å². The lowest BCUT2D eigenvalue weighted by atomic mass is 10.0. The minimum absolute atomic E-state index is 0.0414. The Balaban J connectivity index is 0.935. The number of ether oxygens (including phenoxy) is 3. The molecular formula is C35H42F2N8O4. The van der Waals surface area contributed by atoms with Crippen LogP contribution >= 0.6 is 0 Å². The van der Waals surface area contributed by atoms with Crippen molar-refractivity contribution >= 4 is 5.69 Å². The zero-order valence-corrected chi connectivity index (χ0v) is 27.7. The second kappa shape index (κ2) is 15.7. The van der Waals surface area contributed by atoms with Gasteiger partial charge in [-0.3, -0.25) is 0 Å². The number of hydrogen-bond acceptors (Lipinski definition) is 9. The molecule has 49 heavy (non-hydrogen) atoms. The Morgan fingerprint density at radius 2 is 1.92 bits per heavy atom. The summed E-state index contributed by atoms with van der Waals surface area (Å²) in [4.78, 5) is 16.9. The molecule has 0 amide bonds. The van der Waals surface area contributed by atoms with Gasteiger partial charge in [0.1, 0.15) is 43.3 Å². The van der Waals surface area contributed by atoms with Gasteiger partial charge < -0.3 is 24.8 Å². The molecule has 2 N–H and O–H groups in total. The normalized spacial score (nSPS) is 21.1. The lowest BCUT2D eigenvalue weighted by Gasteiger charge is -2.29. The van der Waals surface area contributed by atoms with Crippen molar-refractivity contribution in [3.8, 4) is 5.69 Å². The summed E-state index contributed by atoms with van der Waals surface area (Å²) in [5, 5.41) is 15.3. The van der Waals surface area contributed by atoms with E-state index in [1.165, 1.54) is 29.5 Å². The van der Waals surface area contributed by atoms with Crippen LogP contribution < -0.4 is 16.3 Å². The number of allylic oxidation sites excluding steroid dienone is 1. The van der Waals surface area contributed by atoms with Gasteiger partial charge in [-0.15, -0.1) is 0 Å².